The van der Waals surface area contributed by atoms with Crippen LogP contribution in [0.4, 0.5) is 0 Å². The van der Waals surface area contributed by atoms with Crippen LogP contribution in [0.15, 0.2) is 0 Å². The molecule has 0 heterocycles. The molecule has 10 atom stereocenters. The highest BCUT2D eigenvalue weighted by Gasteiger charge is 2.60. The summed E-state index contributed by atoms with van der Waals surface area (Å²) in [6.07, 6.45) is 20.5. The summed E-state index contributed by atoms with van der Waals surface area (Å²) in [6.45, 7) is 12.0. The summed E-state index contributed by atoms with van der Waals surface area (Å²) in [5.74, 6) is 6.57. The fourth-order valence-electron chi connectivity index (χ4n) is 10.1. The molecule has 4 rings (SSSR count). The first-order valence-corrected chi connectivity index (χ1v) is 15.4. The number of rotatable bonds is 11. The summed E-state index contributed by atoms with van der Waals surface area (Å²) in [5, 5.41) is 13.3. The smallest absolute Gasteiger partial charge is 0.104 e. The van der Waals surface area contributed by atoms with Crippen LogP contribution in [0.1, 0.15) is 124 Å². The van der Waals surface area contributed by atoms with Gasteiger partial charge in [-0.3, -0.25) is 5.32 Å². The Morgan fingerprint density at radius 1 is 0.853 bits per heavy atom. The predicted molar refractivity (Wildman–Crippen MR) is 144 cm³/mol. The molecule has 0 aromatic carbocycles. The van der Waals surface area contributed by atoms with E-state index in [1.165, 1.54) is 77.0 Å². The number of aliphatic hydroxyl groups excluding tert-OH is 1. The predicted octanol–water partition coefficient (Wildman–Crippen LogP) is 7.12. The number of fused-ring (bicyclic) bond motifs is 5. The van der Waals surface area contributed by atoms with E-state index in [1.807, 2.05) is 0 Å². The molecule has 0 aromatic heterocycles. The van der Waals surface area contributed by atoms with Crippen LogP contribution < -0.4 is 11.1 Å². The molecule has 4 saturated carbocycles. The summed E-state index contributed by atoms with van der Waals surface area (Å²) in [7, 11) is 0. The zero-order valence-corrected chi connectivity index (χ0v) is 23.2. The second kappa shape index (κ2) is 11.5. The van der Waals surface area contributed by atoms with Crippen molar-refractivity contribution in [1.82, 2.24) is 5.32 Å². The number of hydrogen-bond donors (Lipinski definition) is 3. The second-order valence-corrected chi connectivity index (χ2v) is 14.0. The Balaban J connectivity index is 1.26. The third kappa shape index (κ3) is 5.42. The average molecular weight is 475 g/mol. The third-order valence-electron chi connectivity index (χ3n) is 12.1. The minimum absolute atomic E-state index is 0.388. The molecule has 4 aliphatic carbocycles. The Labute approximate surface area is 211 Å². The highest BCUT2D eigenvalue weighted by atomic mass is 16.3. The van der Waals surface area contributed by atoms with Crippen LogP contribution in [0.25, 0.3) is 0 Å². The van der Waals surface area contributed by atoms with Crippen molar-refractivity contribution < 1.29 is 5.11 Å². The van der Waals surface area contributed by atoms with Gasteiger partial charge in [-0.1, -0.05) is 53.4 Å². The van der Waals surface area contributed by atoms with Gasteiger partial charge in [0.1, 0.15) is 6.23 Å². The van der Waals surface area contributed by atoms with Gasteiger partial charge in [0.25, 0.3) is 0 Å². The lowest BCUT2D eigenvalue weighted by molar-refractivity contribution is -0.114. The topological polar surface area (TPSA) is 58.3 Å². The largest absolute Gasteiger partial charge is 0.379 e. The van der Waals surface area contributed by atoms with Crippen LogP contribution in [0.3, 0.4) is 0 Å². The van der Waals surface area contributed by atoms with Crippen molar-refractivity contribution in [2.45, 2.75) is 130 Å². The lowest BCUT2D eigenvalue weighted by Crippen LogP contribution is -2.53. The van der Waals surface area contributed by atoms with Gasteiger partial charge in [0.15, 0.2) is 0 Å². The van der Waals surface area contributed by atoms with Gasteiger partial charge in [0.2, 0.25) is 0 Å². The molecule has 198 valence electrons. The summed E-state index contributed by atoms with van der Waals surface area (Å²) >= 11 is 0. The highest BCUT2D eigenvalue weighted by molar-refractivity contribution is 5.09. The van der Waals surface area contributed by atoms with Gasteiger partial charge in [-0.25, -0.2) is 0 Å². The number of nitrogens with one attached hydrogen (secondary N) is 1. The normalized spacial score (nSPS) is 42.4. The van der Waals surface area contributed by atoms with Crippen LogP contribution >= 0.6 is 0 Å². The molecule has 0 bridgehead atoms. The van der Waals surface area contributed by atoms with E-state index in [0.29, 0.717) is 23.3 Å². The van der Waals surface area contributed by atoms with Crippen molar-refractivity contribution in [3.05, 3.63) is 0 Å². The quantitative estimate of drug-likeness (QED) is 0.279. The van der Waals surface area contributed by atoms with E-state index >= 15 is 0 Å². The molecule has 4 unspecified atom stereocenters. The Bertz CT molecular complexity index is 639. The molecule has 4 aliphatic rings. The van der Waals surface area contributed by atoms with Gasteiger partial charge in [0.05, 0.1) is 0 Å². The second-order valence-electron chi connectivity index (χ2n) is 14.0. The van der Waals surface area contributed by atoms with Crippen LogP contribution in [0, 0.1) is 52.3 Å². The molecular weight excluding hydrogens is 416 g/mol. The first-order valence-electron chi connectivity index (χ1n) is 15.4. The molecule has 0 saturated heterocycles. The lowest BCUT2D eigenvalue weighted by atomic mass is 9.44. The zero-order valence-electron chi connectivity index (χ0n) is 23.2. The molecular formula is C31H58N2O. The molecule has 34 heavy (non-hydrogen) atoms. The maximum Gasteiger partial charge on any atom is 0.104 e. The fourth-order valence-corrected chi connectivity index (χ4v) is 10.1. The van der Waals surface area contributed by atoms with Crippen LogP contribution in [0.5, 0.6) is 0 Å². The van der Waals surface area contributed by atoms with Crippen molar-refractivity contribution in [2.24, 2.45) is 58.0 Å². The summed E-state index contributed by atoms with van der Waals surface area (Å²) in [6, 6.07) is 0. The standard InChI is InChI=1S/C31H58N2O/c1-22(21-33-29(34)12-8-20-32)9-7-10-23(2)26-15-16-27-25-14-13-24-11-5-6-18-30(24,3)28(25)17-19-31(26,27)4/h22-29,33-34H,5-21,32H2,1-4H3/t22?,23?,24?,25-,26+,27-,28-,29?,30-,31+/m0/s1. The van der Waals surface area contributed by atoms with Gasteiger partial charge >= 0.3 is 0 Å². The van der Waals surface area contributed by atoms with Crippen molar-refractivity contribution in [3.8, 4) is 0 Å². The van der Waals surface area contributed by atoms with E-state index in [-0.39, 0.29) is 6.23 Å². The Morgan fingerprint density at radius 2 is 1.65 bits per heavy atom. The van der Waals surface area contributed by atoms with Crippen molar-refractivity contribution >= 4 is 0 Å². The number of aliphatic hydroxyl groups is 1. The maximum absolute atomic E-state index is 10.0. The molecule has 4 N–H and O–H groups in total. The Kier molecular flexibility index (Phi) is 9.12. The molecule has 0 spiro atoms. The van der Waals surface area contributed by atoms with E-state index in [1.54, 1.807) is 6.42 Å². The minimum Gasteiger partial charge on any atom is -0.379 e. The molecule has 0 radical (unpaired) electrons. The number of hydrogen-bond acceptors (Lipinski definition) is 3. The average Bonchev–Trinajstić information content (AvgIpc) is 3.18. The lowest BCUT2D eigenvalue weighted by Gasteiger charge is -2.61. The van der Waals surface area contributed by atoms with E-state index < -0.39 is 0 Å². The zero-order chi connectivity index (χ0) is 24.3. The van der Waals surface area contributed by atoms with E-state index in [9.17, 15) is 5.11 Å². The van der Waals surface area contributed by atoms with Gasteiger partial charge in [-0.15, -0.1) is 0 Å². The van der Waals surface area contributed by atoms with Gasteiger partial charge in [-0.2, -0.15) is 0 Å². The van der Waals surface area contributed by atoms with Crippen molar-refractivity contribution in [2.75, 3.05) is 13.1 Å². The first kappa shape index (κ1) is 26.9. The fraction of sp³-hybridized carbons (Fsp3) is 1.00. The molecule has 0 aromatic rings. The third-order valence-corrected chi connectivity index (χ3v) is 12.1. The molecule has 0 aliphatic heterocycles. The van der Waals surface area contributed by atoms with Crippen LogP contribution in [-0.2, 0) is 0 Å². The van der Waals surface area contributed by atoms with E-state index in [2.05, 4.69) is 33.0 Å². The van der Waals surface area contributed by atoms with E-state index in [0.717, 1.165) is 54.9 Å². The van der Waals surface area contributed by atoms with Crippen molar-refractivity contribution in [1.29, 1.82) is 0 Å². The van der Waals surface area contributed by atoms with Crippen LogP contribution in [-0.4, -0.2) is 24.4 Å². The van der Waals surface area contributed by atoms with Crippen LogP contribution in [0.2, 0.25) is 0 Å². The maximum atomic E-state index is 10.0. The Hall–Kier alpha value is -0.120. The first-order chi connectivity index (χ1) is 16.3. The molecule has 4 fully saturated rings. The van der Waals surface area contributed by atoms with Gasteiger partial charge < -0.3 is 10.8 Å². The summed E-state index contributed by atoms with van der Waals surface area (Å²) in [4.78, 5) is 0. The summed E-state index contributed by atoms with van der Waals surface area (Å²) < 4.78 is 0. The molecule has 0 amide bonds. The van der Waals surface area contributed by atoms with Gasteiger partial charge in [0, 0.05) is 6.54 Å². The number of nitrogens with two attached hydrogens (primary N) is 1. The molecule has 3 heteroatoms. The molecule has 3 nitrogen and oxygen atoms in total. The van der Waals surface area contributed by atoms with Gasteiger partial charge in [-0.05, 0) is 129 Å². The highest BCUT2D eigenvalue weighted by Crippen LogP contribution is 2.68. The SMILES string of the molecule is CC(CCCC(C)[C@H]1CC[C@H]2[C@@H]3CCC4CCCC[C@]4(C)[C@H]3CC[C@]12C)CNC(O)CCCN. The van der Waals surface area contributed by atoms with Crippen molar-refractivity contribution in [3.63, 3.8) is 0 Å². The summed E-state index contributed by atoms with van der Waals surface area (Å²) in [5.41, 5.74) is 6.84. The Morgan fingerprint density at radius 3 is 2.44 bits per heavy atom. The van der Waals surface area contributed by atoms with E-state index in [4.69, 9.17) is 5.73 Å². The monoisotopic (exact) mass is 474 g/mol. The minimum atomic E-state index is -0.388.